The highest BCUT2D eigenvalue weighted by molar-refractivity contribution is 6.07. The average molecular weight is 564 g/mol. The number of furan rings is 1. The van der Waals surface area contributed by atoms with Crippen LogP contribution in [0.4, 0.5) is 11.4 Å². The maximum absolute atomic E-state index is 6.15. The van der Waals surface area contributed by atoms with Crippen molar-refractivity contribution in [3.05, 3.63) is 191 Å². The highest BCUT2D eigenvalue weighted by atomic mass is 16.3. The van der Waals surface area contributed by atoms with E-state index in [9.17, 15) is 0 Å². The maximum Gasteiger partial charge on any atom is 0.135 e. The number of anilines is 2. The van der Waals surface area contributed by atoms with Gasteiger partial charge in [-0.2, -0.15) is 0 Å². The fourth-order valence-electron chi connectivity index (χ4n) is 7.21. The highest BCUT2D eigenvalue weighted by Gasteiger charge is 2.39. The van der Waals surface area contributed by atoms with Crippen LogP contribution in [-0.2, 0) is 0 Å². The Bertz CT molecular complexity index is 2220. The van der Waals surface area contributed by atoms with Crippen molar-refractivity contribution in [3.63, 3.8) is 0 Å². The van der Waals surface area contributed by atoms with Crippen molar-refractivity contribution in [1.29, 1.82) is 0 Å². The number of hydrogen-bond acceptors (Lipinski definition) is 2. The van der Waals surface area contributed by atoms with Crippen molar-refractivity contribution in [3.8, 4) is 0 Å². The highest BCUT2D eigenvalue weighted by Crippen LogP contribution is 2.53. The normalized spacial score (nSPS) is 18.6. The summed E-state index contributed by atoms with van der Waals surface area (Å²) in [6, 6.07) is 43.4. The average Bonchev–Trinajstić information content (AvgIpc) is 3.46. The summed E-state index contributed by atoms with van der Waals surface area (Å²) in [5.74, 6) is 0.678. The Morgan fingerprint density at radius 2 is 1.43 bits per heavy atom. The van der Waals surface area contributed by atoms with Gasteiger partial charge >= 0.3 is 0 Å². The van der Waals surface area contributed by atoms with Gasteiger partial charge in [0.15, 0.2) is 0 Å². The Morgan fingerprint density at radius 1 is 0.659 bits per heavy atom. The molecule has 0 fully saturated rings. The SMILES string of the molecule is C1=CC2=CC=CC3c4ccccc4N(c4ccc(/C(=C/c5ccccc5)c5ccc6oc7ccccc7c6c5)cc4)C(=C1)C23. The van der Waals surface area contributed by atoms with Crippen LogP contribution >= 0.6 is 0 Å². The van der Waals surface area contributed by atoms with E-state index in [0.29, 0.717) is 11.8 Å². The number of nitrogens with zero attached hydrogens (tertiary/aromatic N) is 1. The molecule has 5 aromatic carbocycles. The lowest BCUT2D eigenvalue weighted by atomic mass is 9.71. The summed E-state index contributed by atoms with van der Waals surface area (Å²) >= 11 is 0. The molecule has 2 nitrogen and oxygen atoms in total. The van der Waals surface area contributed by atoms with E-state index in [1.165, 1.54) is 44.9 Å². The fourth-order valence-corrected chi connectivity index (χ4v) is 7.21. The van der Waals surface area contributed by atoms with Gasteiger partial charge in [0.2, 0.25) is 0 Å². The first-order chi connectivity index (χ1) is 21.8. The second kappa shape index (κ2) is 10.00. The zero-order chi connectivity index (χ0) is 29.0. The summed E-state index contributed by atoms with van der Waals surface area (Å²) in [6.45, 7) is 0. The smallest absolute Gasteiger partial charge is 0.135 e. The predicted octanol–water partition coefficient (Wildman–Crippen LogP) is 11.0. The molecule has 0 saturated heterocycles. The molecule has 208 valence electrons. The van der Waals surface area contributed by atoms with Crippen LogP contribution in [0.15, 0.2) is 173 Å². The Balaban J connectivity index is 1.17. The third kappa shape index (κ3) is 3.95. The molecule has 3 aliphatic rings. The van der Waals surface area contributed by atoms with E-state index in [1.807, 2.05) is 12.1 Å². The van der Waals surface area contributed by atoms with E-state index in [1.54, 1.807) is 0 Å². The topological polar surface area (TPSA) is 16.4 Å². The lowest BCUT2D eigenvalue weighted by Gasteiger charge is -2.45. The van der Waals surface area contributed by atoms with Crippen LogP contribution in [0.25, 0.3) is 33.6 Å². The first-order valence-corrected chi connectivity index (χ1v) is 15.3. The van der Waals surface area contributed by atoms with E-state index in [4.69, 9.17) is 4.42 Å². The fraction of sp³-hybridized carbons (Fsp3) is 0.0476. The van der Waals surface area contributed by atoms with Crippen LogP contribution in [0.2, 0.25) is 0 Å². The van der Waals surface area contributed by atoms with Crippen molar-refractivity contribution in [2.75, 3.05) is 4.90 Å². The molecule has 44 heavy (non-hydrogen) atoms. The number of para-hydroxylation sites is 2. The van der Waals surface area contributed by atoms with Crippen LogP contribution in [0.3, 0.4) is 0 Å². The Morgan fingerprint density at radius 3 is 2.34 bits per heavy atom. The minimum absolute atomic E-state index is 0.324. The molecule has 1 aromatic heterocycles. The summed E-state index contributed by atoms with van der Waals surface area (Å²) in [7, 11) is 0. The summed E-state index contributed by atoms with van der Waals surface area (Å²) < 4.78 is 6.15. The number of allylic oxidation sites excluding steroid dienone is 7. The number of hydrogen-bond donors (Lipinski definition) is 0. The van der Waals surface area contributed by atoms with Crippen molar-refractivity contribution in [1.82, 2.24) is 0 Å². The Labute approximate surface area is 256 Å². The number of benzene rings is 5. The van der Waals surface area contributed by atoms with Crippen LogP contribution < -0.4 is 4.90 Å². The molecule has 1 aliphatic heterocycles. The van der Waals surface area contributed by atoms with Crippen LogP contribution in [0.1, 0.15) is 28.2 Å². The summed E-state index contributed by atoms with van der Waals surface area (Å²) in [6.07, 6.45) is 15.9. The molecule has 2 heterocycles. The van der Waals surface area contributed by atoms with Crippen LogP contribution in [0, 0.1) is 5.92 Å². The first-order valence-electron chi connectivity index (χ1n) is 15.3. The van der Waals surface area contributed by atoms with Gasteiger partial charge < -0.3 is 9.32 Å². The van der Waals surface area contributed by atoms with Gasteiger partial charge in [0.1, 0.15) is 11.2 Å². The monoisotopic (exact) mass is 563 g/mol. The predicted molar refractivity (Wildman–Crippen MR) is 183 cm³/mol. The second-order valence-electron chi connectivity index (χ2n) is 11.7. The van der Waals surface area contributed by atoms with E-state index in [0.717, 1.165) is 27.5 Å². The van der Waals surface area contributed by atoms with Gasteiger partial charge in [-0.1, -0.05) is 115 Å². The Hall–Kier alpha value is -5.60. The second-order valence-corrected chi connectivity index (χ2v) is 11.7. The standard InChI is InChI=1S/C42H29NO/c1-2-10-28(11-3-1)26-36(31-22-25-41-37(27-31)34-15-5-7-19-40(34)44-41)29-20-23-32(24-21-29)43-38-17-6-4-14-33(38)35-16-8-12-30-13-9-18-39(43)42(30)35/h1-27,35,42H/b36-26-. The molecule has 0 spiro atoms. The number of rotatable bonds is 4. The van der Waals surface area contributed by atoms with E-state index in [-0.39, 0.29) is 0 Å². The molecule has 0 radical (unpaired) electrons. The van der Waals surface area contributed by atoms with Crippen molar-refractivity contribution in [2.45, 2.75) is 5.92 Å². The van der Waals surface area contributed by atoms with Crippen LogP contribution in [0.5, 0.6) is 0 Å². The summed E-state index contributed by atoms with van der Waals surface area (Å²) in [5.41, 5.74) is 13.0. The van der Waals surface area contributed by atoms with Gasteiger partial charge in [-0.05, 0) is 82.0 Å². The van der Waals surface area contributed by atoms with Gasteiger partial charge in [-0.15, -0.1) is 0 Å². The Kier molecular flexibility index (Phi) is 5.67. The third-order valence-electron chi connectivity index (χ3n) is 9.23. The minimum Gasteiger partial charge on any atom is -0.456 e. The van der Waals surface area contributed by atoms with E-state index >= 15 is 0 Å². The zero-order valence-electron chi connectivity index (χ0n) is 24.1. The molecule has 0 N–H and O–H groups in total. The van der Waals surface area contributed by atoms with Crippen molar-refractivity contribution in [2.24, 2.45) is 5.92 Å². The lowest BCUT2D eigenvalue weighted by Crippen LogP contribution is -2.34. The molecule has 2 heteroatoms. The quantitative estimate of drug-likeness (QED) is 0.198. The van der Waals surface area contributed by atoms with Gasteiger partial charge in [0, 0.05) is 39.7 Å². The minimum atomic E-state index is 0.324. The molecular weight excluding hydrogens is 534 g/mol. The van der Waals surface area contributed by atoms with Gasteiger partial charge in [-0.25, -0.2) is 0 Å². The first kappa shape index (κ1) is 24.9. The van der Waals surface area contributed by atoms with Gasteiger partial charge in [0.05, 0.1) is 0 Å². The van der Waals surface area contributed by atoms with Crippen molar-refractivity contribution < 1.29 is 4.42 Å². The molecule has 2 aliphatic carbocycles. The molecule has 0 bridgehead atoms. The number of fused-ring (bicyclic) bond motifs is 5. The van der Waals surface area contributed by atoms with Crippen molar-refractivity contribution >= 4 is 45.0 Å². The maximum atomic E-state index is 6.15. The van der Waals surface area contributed by atoms with Crippen LogP contribution in [-0.4, -0.2) is 0 Å². The molecule has 0 amide bonds. The van der Waals surface area contributed by atoms with E-state index < -0.39 is 0 Å². The molecular formula is C42H29NO. The lowest BCUT2D eigenvalue weighted by molar-refractivity contribution is 0.601. The van der Waals surface area contributed by atoms with Gasteiger partial charge in [0.25, 0.3) is 0 Å². The zero-order valence-corrected chi connectivity index (χ0v) is 24.1. The molecule has 2 atom stereocenters. The molecule has 9 rings (SSSR count). The summed E-state index contributed by atoms with van der Waals surface area (Å²) in [4.78, 5) is 2.46. The molecule has 2 unspecified atom stereocenters. The largest absolute Gasteiger partial charge is 0.456 e. The molecule has 6 aromatic rings. The van der Waals surface area contributed by atoms with Gasteiger partial charge in [-0.3, -0.25) is 0 Å². The van der Waals surface area contributed by atoms with E-state index in [2.05, 4.69) is 157 Å². The summed E-state index contributed by atoms with van der Waals surface area (Å²) in [5, 5.41) is 2.28. The molecule has 0 saturated carbocycles. The third-order valence-corrected chi connectivity index (χ3v) is 9.23.